The summed E-state index contributed by atoms with van der Waals surface area (Å²) in [7, 11) is 1.99. The topological polar surface area (TPSA) is 24.1 Å². The zero-order chi connectivity index (χ0) is 13.2. The number of nitrogens with one attached hydrogen (secondary N) is 2. The monoisotopic (exact) mass is 242 g/mol. The molecule has 0 atom stereocenters. The lowest BCUT2D eigenvalue weighted by molar-refractivity contribution is 0.448. The molecule has 2 rings (SSSR count). The molecule has 0 radical (unpaired) electrons. The van der Waals surface area contributed by atoms with Gasteiger partial charge in [0.15, 0.2) is 0 Å². The van der Waals surface area contributed by atoms with Gasteiger partial charge in [0.1, 0.15) is 0 Å². The molecular weight excluding hydrogens is 220 g/mol. The SMILES string of the molecule is CNC(C)(C)CNc1ccc2cc(C)ccc2c1. The summed E-state index contributed by atoms with van der Waals surface area (Å²) in [5, 5.41) is 9.36. The fraction of sp³-hybridized carbons (Fsp3) is 0.375. The molecule has 2 aromatic carbocycles. The molecule has 0 aliphatic carbocycles. The highest BCUT2D eigenvalue weighted by atomic mass is 15.0. The van der Waals surface area contributed by atoms with Gasteiger partial charge in [0.2, 0.25) is 0 Å². The summed E-state index contributed by atoms with van der Waals surface area (Å²) in [4.78, 5) is 0. The molecule has 2 nitrogen and oxygen atoms in total. The Morgan fingerprint density at radius 3 is 2.39 bits per heavy atom. The van der Waals surface area contributed by atoms with Gasteiger partial charge in [0, 0.05) is 17.8 Å². The zero-order valence-corrected chi connectivity index (χ0v) is 11.7. The highest BCUT2D eigenvalue weighted by molar-refractivity contribution is 5.86. The van der Waals surface area contributed by atoms with Gasteiger partial charge in [-0.1, -0.05) is 29.8 Å². The van der Waals surface area contributed by atoms with Crippen LogP contribution in [0.25, 0.3) is 10.8 Å². The van der Waals surface area contributed by atoms with Gasteiger partial charge >= 0.3 is 0 Å². The summed E-state index contributed by atoms with van der Waals surface area (Å²) < 4.78 is 0. The number of aryl methyl sites for hydroxylation is 1. The van der Waals surface area contributed by atoms with Crippen LogP contribution in [0.2, 0.25) is 0 Å². The Balaban J connectivity index is 2.18. The van der Waals surface area contributed by atoms with Gasteiger partial charge in [-0.05, 0) is 50.7 Å². The van der Waals surface area contributed by atoms with Crippen LogP contribution in [0.15, 0.2) is 36.4 Å². The van der Waals surface area contributed by atoms with Crippen molar-refractivity contribution >= 4 is 16.5 Å². The molecule has 18 heavy (non-hydrogen) atoms. The summed E-state index contributed by atoms with van der Waals surface area (Å²) in [6.07, 6.45) is 0. The van der Waals surface area contributed by atoms with Crippen molar-refractivity contribution in [1.82, 2.24) is 5.32 Å². The highest BCUT2D eigenvalue weighted by Crippen LogP contribution is 2.20. The minimum absolute atomic E-state index is 0.0994. The Hall–Kier alpha value is -1.54. The molecule has 0 unspecified atom stereocenters. The molecule has 0 aliphatic heterocycles. The van der Waals surface area contributed by atoms with Crippen molar-refractivity contribution in [3.05, 3.63) is 42.0 Å². The average molecular weight is 242 g/mol. The summed E-state index contributed by atoms with van der Waals surface area (Å²) >= 11 is 0. The Labute approximate surface area is 109 Å². The molecule has 0 saturated heterocycles. The lowest BCUT2D eigenvalue weighted by Crippen LogP contribution is -2.42. The van der Waals surface area contributed by atoms with E-state index in [2.05, 4.69) is 67.8 Å². The van der Waals surface area contributed by atoms with E-state index < -0.39 is 0 Å². The van der Waals surface area contributed by atoms with Crippen LogP contribution in [-0.4, -0.2) is 19.1 Å². The second kappa shape index (κ2) is 4.99. The highest BCUT2D eigenvalue weighted by Gasteiger charge is 2.13. The first kappa shape index (κ1) is 12.9. The molecule has 0 spiro atoms. The van der Waals surface area contributed by atoms with Gasteiger partial charge in [-0.3, -0.25) is 0 Å². The molecule has 0 aliphatic rings. The van der Waals surface area contributed by atoms with Gasteiger partial charge in [-0.25, -0.2) is 0 Å². The first-order valence-electron chi connectivity index (χ1n) is 6.43. The van der Waals surface area contributed by atoms with Crippen LogP contribution in [0.3, 0.4) is 0 Å². The van der Waals surface area contributed by atoms with E-state index in [1.54, 1.807) is 0 Å². The third kappa shape index (κ3) is 3.02. The number of fused-ring (bicyclic) bond motifs is 1. The van der Waals surface area contributed by atoms with E-state index in [4.69, 9.17) is 0 Å². The molecule has 2 N–H and O–H groups in total. The first-order chi connectivity index (χ1) is 8.50. The number of likely N-dealkylation sites (N-methyl/N-ethyl adjacent to an activating group) is 1. The normalized spacial score (nSPS) is 11.8. The van der Waals surface area contributed by atoms with E-state index in [1.165, 1.54) is 22.0 Å². The molecule has 2 aromatic rings. The van der Waals surface area contributed by atoms with Crippen molar-refractivity contribution in [2.45, 2.75) is 26.3 Å². The van der Waals surface area contributed by atoms with E-state index in [9.17, 15) is 0 Å². The Morgan fingerprint density at radius 1 is 1.00 bits per heavy atom. The van der Waals surface area contributed by atoms with Crippen LogP contribution in [0.4, 0.5) is 5.69 Å². The Kier molecular flexibility index (Phi) is 3.58. The lowest BCUT2D eigenvalue weighted by Gasteiger charge is -2.25. The summed E-state index contributed by atoms with van der Waals surface area (Å²) in [5.41, 5.74) is 2.58. The first-order valence-corrected chi connectivity index (χ1v) is 6.43. The molecule has 0 fully saturated rings. The molecule has 0 amide bonds. The minimum Gasteiger partial charge on any atom is -0.383 e. The molecule has 0 saturated carbocycles. The van der Waals surface area contributed by atoms with Crippen molar-refractivity contribution in [3.8, 4) is 0 Å². The summed E-state index contributed by atoms with van der Waals surface area (Å²) in [6, 6.07) is 13.1. The van der Waals surface area contributed by atoms with Crippen molar-refractivity contribution in [2.24, 2.45) is 0 Å². The summed E-state index contributed by atoms with van der Waals surface area (Å²) in [5.74, 6) is 0. The van der Waals surface area contributed by atoms with Crippen molar-refractivity contribution in [2.75, 3.05) is 18.9 Å². The van der Waals surface area contributed by atoms with E-state index in [1.807, 2.05) is 7.05 Å². The van der Waals surface area contributed by atoms with Crippen molar-refractivity contribution in [3.63, 3.8) is 0 Å². The zero-order valence-electron chi connectivity index (χ0n) is 11.7. The lowest BCUT2D eigenvalue weighted by atomic mass is 10.0. The van der Waals surface area contributed by atoms with E-state index in [0.717, 1.165) is 6.54 Å². The number of rotatable bonds is 4. The third-order valence-corrected chi connectivity index (χ3v) is 3.41. The van der Waals surface area contributed by atoms with Crippen LogP contribution >= 0.6 is 0 Å². The maximum atomic E-state index is 3.48. The van der Waals surface area contributed by atoms with E-state index in [0.29, 0.717) is 0 Å². The summed E-state index contributed by atoms with van der Waals surface area (Å²) in [6.45, 7) is 7.40. The standard InChI is InChI=1S/C16H22N2/c1-12-5-6-14-10-15(8-7-13(14)9-12)18-11-16(2,3)17-4/h5-10,17-18H,11H2,1-4H3. The van der Waals surface area contributed by atoms with E-state index >= 15 is 0 Å². The minimum atomic E-state index is 0.0994. The van der Waals surface area contributed by atoms with Crippen LogP contribution in [0.5, 0.6) is 0 Å². The van der Waals surface area contributed by atoms with Crippen LogP contribution in [-0.2, 0) is 0 Å². The molecule has 0 bridgehead atoms. The molecule has 0 heterocycles. The van der Waals surface area contributed by atoms with Gasteiger partial charge < -0.3 is 10.6 Å². The molecule has 2 heteroatoms. The largest absolute Gasteiger partial charge is 0.383 e. The van der Waals surface area contributed by atoms with Gasteiger partial charge in [0.25, 0.3) is 0 Å². The number of benzene rings is 2. The van der Waals surface area contributed by atoms with Crippen LogP contribution < -0.4 is 10.6 Å². The van der Waals surface area contributed by atoms with Gasteiger partial charge in [-0.2, -0.15) is 0 Å². The Bertz CT molecular complexity index is 544. The second-order valence-corrected chi connectivity index (χ2v) is 5.55. The van der Waals surface area contributed by atoms with Gasteiger partial charge in [0.05, 0.1) is 0 Å². The predicted molar refractivity (Wildman–Crippen MR) is 80.3 cm³/mol. The maximum absolute atomic E-state index is 3.48. The van der Waals surface area contributed by atoms with Crippen LogP contribution in [0, 0.1) is 6.92 Å². The maximum Gasteiger partial charge on any atom is 0.0347 e. The second-order valence-electron chi connectivity index (χ2n) is 5.55. The van der Waals surface area contributed by atoms with Crippen LogP contribution in [0.1, 0.15) is 19.4 Å². The fourth-order valence-electron chi connectivity index (χ4n) is 1.89. The number of anilines is 1. The average Bonchev–Trinajstić information content (AvgIpc) is 2.36. The number of hydrogen-bond acceptors (Lipinski definition) is 2. The third-order valence-electron chi connectivity index (χ3n) is 3.41. The predicted octanol–water partition coefficient (Wildman–Crippen LogP) is 3.56. The molecule has 96 valence electrons. The fourth-order valence-corrected chi connectivity index (χ4v) is 1.89. The molecule has 0 aromatic heterocycles. The van der Waals surface area contributed by atoms with Crippen molar-refractivity contribution < 1.29 is 0 Å². The quantitative estimate of drug-likeness (QED) is 0.856. The van der Waals surface area contributed by atoms with Gasteiger partial charge in [-0.15, -0.1) is 0 Å². The smallest absolute Gasteiger partial charge is 0.0347 e. The molecular formula is C16H22N2. The van der Waals surface area contributed by atoms with Crippen molar-refractivity contribution in [1.29, 1.82) is 0 Å². The number of hydrogen-bond donors (Lipinski definition) is 2. The Morgan fingerprint density at radius 2 is 1.67 bits per heavy atom. The van der Waals surface area contributed by atoms with E-state index in [-0.39, 0.29) is 5.54 Å².